The van der Waals surface area contributed by atoms with Gasteiger partial charge in [0.25, 0.3) is 0 Å². The Labute approximate surface area is 162 Å². The zero-order valence-corrected chi connectivity index (χ0v) is 15.3. The van der Waals surface area contributed by atoms with Crippen LogP contribution in [0, 0.1) is 0 Å². The van der Waals surface area contributed by atoms with Crippen molar-refractivity contribution in [3.8, 4) is 11.1 Å². The number of allylic oxidation sites excluding steroid dienone is 1. The number of rotatable bonds is 3. The normalized spacial score (nSPS) is 27.3. The van der Waals surface area contributed by atoms with Crippen LogP contribution in [0.4, 0.5) is 0 Å². The van der Waals surface area contributed by atoms with Crippen molar-refractivity contribution in [3.05, 3.63) is 70.9 Å². The molecule has 1 fully saturated rings. The Morgan fingerprint density at radius 1 is 1.00 bits per heavy atom. The molecule has 1 aliphatic carbocycles. The lowest BCUT2D eigenvalue weighted by Gasteiger charge is -2.36. The van der Waals surface area contributed by atoms with Crippen molar-refractivity contribution in [2.75, 3.05) is 0 Å². The third-order valence-electron chi connectivity index (χ3n) is 5.42. The van der Waals surface area contributed by atoms with Crippen LogP contribution in [0.15, 0.2) is 54.2 Å². The highest BCUT2D eigenvalue weighted by atomic mass is 16.4. The average molecular weight is 379 g/mol. The molecule has 0 radical (unpaired) electrons. The summed E-state index contributed by atoms with van der Waals surface area (Å²) in [5.41, 5.74) is 3.64. The van der Waals surface area contributed by atoms with Gasteiger partial charge in [-0.1, -0.05) is 42.5 Å². The number of piperidine rings is 1. The van der Waals surface area contributed by atoms with E-state index in [0.717, 1.165) is 11.1 Å². The van der Waals surface area contributed by atoms with Crippen LogP contribution in [0.2, 0.25) is 0 Å². The molecule has 144 valence electrons. The Hall–Kier alpha value is -2.80. The molecule has 2 aliphatic rings. The summed E-state index contributed by atoms with van der Waals surface area (Å²) >= 11 is 0. The lowest BCUT2D eigenvalue weighted by Crippen LogP contribution is -2.57. The Bertz CT molecular complexity index is 996. The fourth-order valence-corrected chi connectivity index (χ4v) is 3.93. The highest BCUT2D eigenvalue weighted by Gasteiger charge is 2.37. The van der Waals surface area contributed by atoms with Crippen molar-refractivity contribution in [3.63, 3.8) is 0 Å². The van der Waals surface area contributed by atoms with Crippen molar-refractivity contribution in [2.45, 2.75) is 37.7 Å². The number of aliphatic hydroxyl groups is 3. The SMILES string of the molecule is C[C@@H]1N/C(=C\C(=O)Cc2cccc3c2C(=O)c2ccccc2-3)[C@@H](O)[C@H](O)[C@@H]1O. The maximum Gasteiger partial charge on any atom is 0.194 e. The van der Waals surface area contributed by atoms with Gasteiger partial charge >= 0.3 is 0 Å². The van der Waals surface area contributed by atoms with Gasteiger partial charge in [-0.2, -0.15) is 0 Å². The molecule has 28 heavy (non-hydrogen) atoms. The summed E-state index contributed by atoms with van der Waals surface area (Å²) in [6.45, 7) is 1.65. The van der Waals surface area contributed by atoms with Crippen LogP contribution >= 0.6 is 0 Å². The van der Waals surface area contributed by atoms with Crippen LogP contribution in [0.3, 0.4) is 0 Å². The number of fused-ring (bicyclic) bond motifs is 3. The molecule has 1 aliphatic heterocycles. The van der Waals surface area contributed by atoms with E-state index in [1.807, 2.05) is 30.3 Å². The van der Waals surface area contributed by atoms with E-state index in [0.29, 0.717) is 16.7 Å². The molecule has 0 amide bonds. The summed E-state index contributed by atoms with van der Waals surface area (Å²) in [5, 5.41) is 32.7. The molecule has 4 atom stereocenters. The Morgan fingerprint density at radius 2 is 1.68 bits per heavy atom. The average Bonchev–Trinajstić information content (AvgIpc) is 2.98. The number of hydrogen-bond donors (Lipinski definition) is 4. The van der Waals surface area contributed by atoms with E-state index in [1.165, 1.54) is 6.08 Å². The van der Waals surface area contributed by atoms with Gasteiger partial charge < -0.3 is 20.6 Å². The largest absolute Gasteiger partial charge is 0.388 e. The molecular formula is C22H21NO5. The molecule has 0 aromatic heterocycles. The first-order valence-electron chi connectivity index (χ1n) is 9.19. The molecule has 6 heteroatoms. The molecule has 0 bridgehead atoms. The van der Waals surface area contributed by atoms with E-state index < -0.39 is 24.4 Å². The highest BCUT2D eigenvalue weighted by molar-refractivity contribution is 6.22. The van der Waals surface area contributed by atoms with Gasteiger partial charge in [0, 0.05) is 29.3 Å². The Kier molecular flexibility index (Phi) is 4.63. The number of ketones is 2. The number of benzene rings is 2. The van der Waals surface area contributed by atoms with Gasteiger partial charge in [-0.05, 0) is 23.6 Å². The fourth-order valence-electron chi connectivity index (χ4n) is 3.93. The molecular weight excluding hydrogens is 358 g/mol. The second kappa shape index (κ2) is 6.98. The van der Waals surface area contributed by atoms with Gasteiger partial charge in [0.2, 0.25) is 0 Å². The monoisotopic (exact) mass is 379 g/mol. The smallest absolute Gasteiger partial charge is 0.194 e. The van der Waals surface area contributed by atoms with E-state index in [9.17, 15) is 24.9 Å². The van der Waals surface area contributed by atoms with Crippen molar-refractivity contribution < 1.29 is 24.9 Å². The summed E-state index contributed by atoms with van der Waals surface area (Å²) in [4.78, 5) is 25.4. The van der Waals surface area contributed by atoms with Crippen molar-refractivity contribution >= 4 is 11.6 Å². The third-order valence-corrected chi connectivity index (χ3v) is 5.42. The van der Waals surface area contributed by atoms with Gasteiger partial charge in [0.05, 0.1) is 6.04 Å². The topological polar surface area (TPSA) is 107 Å². The predicted molar refractivity (Wildman–Crippen MR) is 103 cm³/mol. The van der Waals surface area contributed by atoms with Crippen LogP contribution in [0.5, 0.6) is 0 Å². The van der Waals surface area contributed by atoms with Gasteiger partial charge in [-0.25, -0.2) is 0 Å². The minimum Gasteiger partial charge on any atom is -0.388 e. The molecule has 0 saturated carbocycles. The highest BCUT2D eigenvalue weighted by Crippen LogP contribution is 2.38. The molecule has 4 N–H and O–H groups in total. The van der Waals surface area contributed by atoms with E-state index in [1.54, 1.807) is 19.1 Å². The van der Waals surface area contributed by atoms with Crippen LogP contribution in [0.1, 0.15) is 28.4 Å². The first-order chi connectivity index (χ1) is 13.4. The second-order valence-corrected chi connectivity index (χ2v) is 7.32. The molecule has 1 heterocycles. The van der Waals surface area contributed by atoms with Crippen LogP contribution in [-0.2, 0) is 11.2 Å². The first-order valence-corrected chi connectivity index (χ1v) is 9.19. The molecule has 4 rings (SSSR count). The van der Waals surface area contributed by atoms with Crippen LogP contribution in [-0.4, -0.2) is 51.2 Å². The van der Waals surface area contributed by atoms with Gasteiger partial charge in [0.1, 0.15) is 18.3 Å². The fraction of sp³-hybridized carbons (Fsp3) is 0.273. The van der Waals surface area contributed by atoms with Gasteiger partial charge in [-0.15, -0.1) is 0 Å². The third kappa shape index (κ3) is 2.96. The number of hydrogen-bond acceptors (Lipinski definition) is 6. The molecule has 1 saturated heterocycles. The second-order valence-electron chi connectivity index (χ2n) is 7.32. The number of carbonyl (C=O) groups excluding carboxylic acids is 2. The minimum atomic E-state index is -1.37. The molecule has 0 spiro atoms. The van der Waals surface area contributed by atoms with Crippen LogP contribution < -0.4 is 5.32 Å². The van der Waals surface area contributed by atoms with Gasteiger partial charge in [-0.3, -0.25) is 9.59 Å². The van der Waals surface area contributed by atoms with E-state index >= 15 is 0 Å². The maximum atomic E-state index is 12.8. The molecule has 6 nitrogen and oxygen atoms in total. The summed E-state index contributed by atoms with van der Waals surface area (Å²) < 4.78 is 0. The van der Waals surface area contributed by atoms with Crippen molar-refractivity contribution in [2.24, 2.45) is 0 Å². The standard InChI is InChI=1S/C22H21NO5/c1-11-19(25)22(28)21(27)17(23-11)10-13(24)9-12-5-4-8-15-14-6-2-3-7-16(14)20(26)18(12)15/h2-8,10-11,19,21-23,25,27-28H,9H2,1H3/b17-10-/t11-,19+,21+,22+/m0/s1. The van der Waals surface area contributed by atoms with Crippen molar-refractivity contribution in [1.29, 1.82) is 0 Å². The summed E-state index contributed by atoms with van der Waals surface area (Å²) in [6, 6.07) is 12.3. The molecule has 2 aromatic rings. The zero-order valence-electron chi connectivity index (χ0n) is 15.3. The number of aliphatic hydroxyl groups excluding tert-OH is 3. The summed E-state index contributed by atoms with van der Waals surface area (Å²) in [7, 11) is 0. The Balaban J connectivity index is 1.62. The zero-order chi connectivity index (χ0) is 20.0. The van der Waals surface area contributed by atoms with Gasteiger partial charge in [0.15, 0.2) is 11.6 Å². The van der Waals surface area contributed by atoms with Crippen molar-refractivity contribution in [1.82, 2.24) is 5.32 Å². The van der Waals surface area contributed by atoms with Crippen LogP contribution in [0.25, 0.3) is 11.1 Å². The maximum absolute atomic E-state index is 12.8. The molecule has 0 unspecified atom stereocenters. The summed E-state index contributed by atoms with van der Waals surface area (Å²) in [5.74, 6) is -0.404. The lowest BCUT2D eigenvalue weighted by molar-refractivity contribution is -0.114. The Morgan fingerprint density at radius 3 is 2.43 bits per heavy atom. The first kappa shape index (κ1) is 18.6. The van der Waals surface area contributed by atoms with E-state index in [4.69, 9.17) is 0 Å². The summed E-state index contributed by atoms with van der Waals surface area (Å²) in [6.07, 6.45) is -2.64. The quantitative estimate of drug-likeness (QED) is 0.505. The lowest BCUT2D eigenvalue weighted by atomic mass is 9.92. The number of carbonyl (C=O) groups is 2. The molecule has 2 aromatic carbocycles. The van der Waals surface area contributed by atoms with E-state index in [2.05, 4.69) is 5.32 Å². The minimum absolute atomic E-state index is 0.00612. The van der Waals surface area contributed by atoms with E-state index in [-0.39, 0.29) is 23.7 Å². The predicted octanol–water partition coefficient (Wildman–Crippen LogP) is 0.968. The number of nitrogens with one attached hydrogen (secondary N) is 1.